The second-order valence-corrected chi connectivity index (χ2v) is 5.18. The van der Waals surface area contributed by atoms with Gasteiger partial charge in [-0.15, -0.1) is 0 Å². The van der Waals surface area contributed by atoms with Crippen molar-refractivity contribution in [1.29, 1.82) is 0 Å². The van der Waals surface area contributed by atoms with Crippen LogP contribution in [-0.2, 0) is 6.61 Å². The monoisotopic (exact) mass is 370 g/mol. The standard InChI is InChI=1S/C15H15IO3/c1-17-14-7-6-11(8-15(14)18-2)10-19-13-5-3-4-12(16)9-13/h3-9H,10H2,1-2H3. The topological polar surface area (TPSA) is 27.7 Å². The zero-order valence-electron chi connectivity index (χ0n) is 10.9. The molecule has 0 heterocycles. The molecule has 0 radical (unpaired) electrons. The van der Waals surface area contributed by atoms with Crippen LogP contribution in [0.4, 0.5) is 0 Å². The molecule has 0 aliphatic rings. The molecule has 19 heavy (non-hydrogen) atoms. The third kappa shape index (κ3) is 3.76. The Morgan fingerprint density at radius 1 is 0.947 bits per heavy atom. The minimum Gasteiger partial charge on any atom is -0.493 e. The fourth-order valence-corrected chi connectivity index (χ4v) is 2.21. The quantitative estimate of drug-likeness (QED) is 0.748. The summed E-state index contributed by atoms with van der Waals surface area (Å²) in [5.41, 5.74) is 1.04. The van der Waals surface area contributed by atoms with Crippen molar-refractivity contribution in [3.05, 3.63) is 51.6 Å². The van der Waals surface area contributed by atoms with Gasteiger partial charge in [-0.3, -0.25) is 0 Å². The normalized spacial score (nSPS) is 10.1. The number of hydrogen-bond acceptors (Lipinski definition) is 3. The second kappa shape index (κ2) is 6.65. The van der Waals surface area contributed by atoms with Gasteiger partial charge in [0.05, 0.1) is 14.2 Å². The molecule has 0 unspecified atom stereocenters. The predicted molar refractivity (Wildman–Crippen MR) is 83.0 cm³/mol. The van der Waals surface area contributed by atoms with Crippen molar-refractivity contribution in [1.82, 2.24) is 0 Å². The molecule has 0 aliphatic carbocycles. The summed E-state index contributed by atoms with van der Waals surface area (Å²) < 4.78 is 17.4. The van der Waals surface area contributed by atoms with Crippen molar-refractivity contribution in [2.24, 2.45) is 0 Å². The Morgan fingerprint density at radius 2 is 1.74 bits per heavy atom. The first-order chi connectivity index (χ1) is 9.22. The van der Waals surface area contributed by atoms with Crippen molar-refractivity contribution in [3.8, 4) is 17.2 Å². The van der Waals surface area contributed by atoms with Crippen LogP contribution in [0, 0.1) is 3.57 Å². The van der Waals surface area contributed by atoms with Gasteiger partial charge in [0, 0.05) is 3.57 Å². The van der Waals surface area contributed by atoms with Gasteiger partial charge < -0.3 is 14.2 Å². The minimum atomic E-state index is 0.500. The summed E-state index contributed by atoms with van der Waals surface area (Å²) in [7, 11) is 3.25. The van der Waals surface area contributed by atoms with E-state index >= 15 is 0 Å². The molecule has 0 bridgehead atoms. The first-order valence-corrected chi connectivity index (χ1v) is 6.90. The highest BCUT2D eigenvalue weighted by molar-refractivity contribution is 14.1. The maximum Gasteiger partial charge on any atom is 0.161 e. The summed E-state index contributed by atoms with van der Waals surface area (Å²) in [4.78, 5) is 0. The van der Waals surface area contributed by atoms with Gasteiger partial charge in [0.25, 0.3) is 0 Å². The summed E-state index contributed by atoms with van der Waals surface area (Å²) in [5, 5.41) is 0. The largest absolute Gasteiger partial charge is 0.493 e. The van der Waals surface area contributed by atoms with Gasteiger partial charge >= 0.3 is 0 Å². The van der Waals surface area contributed by atoms with E-state index in [4.69, 9.17) is 14.2 Å². The molecule has 0 saturated carbocycles. The average molecular weight is 370 g/mol. The predicted octanol–water partition coefficient (Wildman–Crippen LogP) is 3.89. The first-order valence-electron chi connectivity index (χ1n) is 5.82. The zero-order valence-corrected chi connectivity index (χ0v) is 13.0. The molecule has 0 aliphatic heterocycles. The van der Waals surface area contributed by atoms with E-state index in [0.29, 0.717) is 12.4 Å². The molecular formula is C15H15IO3. The van der Waals surface area contributed by atoms with Gasteiger partial charge in [0.15, 0.2) is 11.5 Å². The maximum atomic E-state index is 5.74. The van der Waals surface area contributed by atoms with E-state index < -0.39 is 0 Å². The molecule has 0 N–H and O–H groups in total. The number of methoxy groups -OCH3 is 2. The van der Waals surface area contributed by atoms with Crippen LogP contribution < -0.4 is 14.2 Å². The highest BCUT2D eigenvalue weighted by Gasteiger charge is 2.05. The number of benzene rings is 2. The van der Waals surface area contributed by atoms with Crippen LogP contribution >= 0.6 is 22.6 Å². The summed E-state index contributed by atoms with van der Waals surface area (Å²) in [5.74, 6) is 2.30. The summed E-state index contributed by atoms with van der Waals surface area (Å²) in [6.07, 6.45) is 0. The molecule has 3 nitrogen and oxygen atoms in total. The molecule has 0 atom stereocenters. The highest BCUT2D eigenvalue weighted by Crippen LogP contribution is 2.28. The Labute approximate surface area is 126 Å². The lowest BCUT2D eigenvalue weighted by molar-refractivity contribution is 0.303. The van der Waals surface area contributed by atoms with Crippen LogP contribution in [-0.4, -0.2) is 14.2 Å². The molecule has 0 saturated heterocycles. The summed E-state index contributed by atoms with van der Waals surface area (Å²) >= 11 is 2.26. The van der Waals surface area contributed by atoms with Crippen LogP contribution in [0.3, 0.4) is 0 Å². The lowest BCUT2D eigenvalue weighted by Crippen LogP contribution is -1.97. The molecule has 2 rings (SSSR count). The van der Waals surface area contributed by atoms with E-state index in [0.717, 1.165) is 20.6 Å². The number of ether oxygens (including phenoxy) is 3. The number of halogens is 1. The Balaban J connectivity index is 2.07. The van der Waals surface area contributed by atoms with Crippen LogP contribution in [0.2, 0.25) is 0 Å². The third-order valence-corrected chi connectivity index (χ3v) is 3.32. The van der Waals surface area contributed by atoms with Crippen molar-refractivity contribution in [2.75, 3.05) is 14.2 Å². The van der Waals surface area contributed by atoms with Crippen LogP contribution in [0.1, 0.15) is 5.56 Å². The Bertz CT molecular complexity index is 555. The smallest absolute Gasteiger partial charge is 0.161 e. The Kier molecular flexibility index (Phi) is 4.90. The Hall–Kier alpha value is -1.43. The highest BCUT2D eigenvalue weighted by atomic mass is 127. The van der Waals surface area contributed by atoms with E-state index in [9.17, 15) is 0 Å². The van der Waals surface area contributed by atoms with Gasteiger partial charge in [-0.05, 0) is 58.5 Å². The van der Waals surface area contributed by atoms with E-state index in [1.165, 1.54) is 0 Å². The van der Waals surface area contributed by atoms with Gasteiger partial charge in [-0.1, -0.05) is 12.1 Å². The lowest BCUT2D eigenvalue weighted by Gasteiger charge is -2.10. The fraction of sp³-hybridized carbons (Fsp3) is 0.200. The van der Waals surface area contributed by atoms with Crippen LogP contribution in [0.5, 0.6) is 17.2 Å². The number of hydrogen-bond donors (Lipinski definition) is 0. The molecule has 100 valence electrons. The van der Waals surface area contributed by atoms with Crippen LogP contribution in [0.25, 0.3) is 0 Å². The first kappa shape index (κ1) is 14.0. The van der Waals surface area contributed by atoms with Crippen LogP contribution in [0.15, 0.2) is 42.5 Å². The zero-order chi connectivity index (χ0) is 13.7. The minimum absolute atomic E-state index is 0.500. The molecule has 4 heteroatoms. The average Bonchev–Trinajstić information content (AvgIpc) is 2.45. The van der Waals surface area contributed by atoms with Gasteiger partial charge in [0.1, 0.15) is 12.4 Å². The molecule has 0 amide bonds. The van der Waals surface area contributed by atoms with E-state index in [2.05, 4.69) is 22.6 Å². The SMILES string of the molecule is COc1ccc(COc2cccc(I)c2)cc1OC. The van der Waals surface area contributed by atoms with Gasteiger partial charge in [0.2, 0.25) is 0 Å². The second-order valence-electron chi connectivity index (χ2n) is 3.94. The van der Waals surface area contributed by atoms with Crippen molar-refractivity contribution in [2.45, 2.75) is 6.61 Å². The van der Waals surface area contributed by atoms with Crippen molar-refractivity contribution >= 4 is 22.6 Å². The Morgan fingerprint density at radius 3 is 2.42 bits per heavy atom. The molecule has 0 spiro atoms. The lowest BCUT2D eigenvalue weighted by atomic mass is 10.2. The van der Waals surface area contributed by atoms with Gasteiger partial charge in [-0.2, -0.15) is 0 Å². The summed E-state index contributed by atoms with van der Waals surface area (Å²) in [6, 6.07) is 13.7. The molecule has 0 aromatic heterocycles. The molecular weight excluding hydrogens is 355 g/mol. The van der Waals surface area contributed by atoms with E-state index in [1.54, 1.807) is 14.2 Å². The molecule has 2 aromatic carbocycles. The molecule has 0 fully saturated rings. The number of rotatable bonds is 5. The fourth-order valence-electron chi connectivity index (χ4n) is 1.69. The third-order valence-electron chi connectivity index (χ3n) is 2.65. The maximum absolute atomic E-state index is 5.74. The summed E-state index contributed by atoms with van der Waals surface area (Å²) in [6.45, 7) is 0.500. The van der Waals surface area contributed by atoms with Crippen molar-refractivity contribution in [3.63, 3.8) is 0 Å². The van der Waals surface area contributed by atoms with E-state index in [-0.39, 0.29) is 0 Å². The van der Waals surface area contributed by atoms with E-state index in [1.807, 2.05) is 42.5 Å². The van der Waals surface area contributed by atoms with Gasteiger partial charge in [-0.25, -0.2) is 0 Å². The molecule has 2 aromatic rings. The van der Waals surface area contributed by atoms with Crippen molar-refractivity contribution < 1.29 is 14.2 Å².